The minimum Gasteiger partial charge on any atom is -0.381 e. The maximum absolute atomic E-state index is 5.47. The summed E-state index contributed by atoms with van der Waals surface area (Å²) in [6, 6.07) is 0. The Morgan fingerprint density at radius 2 is 1.50 bits per heavy atom. The first-order valence-electron chi connectivity index (χ1n) is 5.15. The first-order chi connectivity index (χ1) is 5.57. The second-order valence-electron chi connectivity index (χ2n) is 5.59. The van der Waals surface area contributed by atoms with E-state index < -0.39 is 0 Å². The lowest BCUT2D eigenvalue weighted by atomic mass is 9.79. The van der Waals surface area contributed by atoms with Gasteiger partial charge in [0.1, 0.15) is 0 Å². The number of ether oxygens (including phenoxy) is 1. The van der Waals surface area contributed by atoms with Crippen molar-refractivity contribution in [3.63, 3.8) is 0 Å². The quantitative estimate of drug-likeness (QED) is 0.540. The largest absolute Gasteiger partial charge is 0.381 e. The van der Waals surface area contributed by atoms with Crippen molar-refractivity contribution < 1.29 is 4.74 Å². The van der Waals surface area contributed by atoms with E-state index in [0.29, 0.717) is 5.41 Å². The molecule has 1 aliphatic heterocycles. The van der Waals surface area contributed by atoms with E-state index in [9.17, 15) is 0 Å². The molecule has 1 heterocycles. The molecule has 0 amide bonds. The Balaban J connectivity index is 1.99. The highest BCUT2D eigenvalue weighted by atomic mass is 16.5. The van der Waals surface area contributed by atoms with Crippen LogP contribution in [0.1, 0.15) is 33.6 Å². The normalized spacial score (nSPS) is 41.8. The molecular formula is C11H20O. The highest BCUT2D eigenvalue weighted by Gasteiger charge is 2.42. The van der Waals surface area contributed by atoms with Gasteiger partial charge in [0.25, 0.3) is 0 Å². The van der Waals surface area contributed by atoms with Gasteiger partial charge in [0.05, 0.1) is 0 Å². The molecule has 0 aromatic heterocycles. The van der Waals surface area contributed by atoms with Crippen molar-refractivity contribution in [1.29, 1.82) is 0 Å². The molecule has 12 heavy (non-hydrogen) atoms. The summed E-state index contributed by atoms with van der Waals surface area (Å²) in [7, 11) is 0. The third-order valence-corrected chi connectivity index (χ3v) is 3.73. The van der Waals surface area contributed by atoms with Gasteiger partial charge in [-0.05, 0) is 36.0 Å². The zero-order valence-electron chi connectivity index (χ0n) is 8.47. The minimum atomic E-state index is 0.518. The molecule has 0 aromatic rings. The third kappa shape index (κ3) is 1.39. The second kappa shape index (κ2) is 2.73. The fourth-order valence-corrected chi connectivity index (χ4v) is 2.70. The predicted octanol–water partition coefficient (Wildman–Crippen LogP) is 2.71. The van der Waals surface area contributed by atoms with Crippen LogP contribution in [0.3, 0.4) is 0 Å². The molecule has 70 valence electrons. The van der Waals surface area contributed by atoms with Crippen molar-refractivity contribution in [3.05, 3.63) is 0 Å². The van der Waals surface area contributed by atoms with Gasteiger partial charge in [0.2, 0.25) is 0 Å². The van der Waals surface area contributed by atoms with Gasteiger partial charge in [0.15, 0.2) is 0 Å². The van der Waals surface area contributed by atoms with Gasteiger partial charge in [0, 0.05) is 13.2 Å². The highest BCUT2D eigenvalue weighted by Crippen LogP contribution is 2.47. The van der Waals surface area contributed by atoms with Gasteiger partial charge in [-0.25, -0.2) is 0 Å². The first-order valence-corrected chi connectivity index (χ1v) is 5.15. The number of rotatable bonds is 0. The standard InChI is InChI=1S/C11H20O/c1-11(2,3)10-4-8-6-12-7-9(8)5-10/h8-10H,4-7H2,1-3H3. The summed E-state index contributed by atoms with van der Waals surface area (Å²) in [5.41, 5.74) is 0.518. The van der Waals surface area contributed by atoms with Crippen LogP contribution in [0.25, 0.3) is 0 Å². The average molecular weight is 168 g/mol. The molecule has 2 unspecified atom stereocenters. The molecular weight excluding hydrogens is 148 g/mol. The van der Waals surface area contributed by atoms with Gasteiger partial charge < -0.3 is 4.74 Å². The minimum absolute atomic E-state index is 0.518. The zero-order chi connectivity index (χ0) is 8.77. The van der Waals surface area contributed by atoms with E-state index >= 15 is 0 Å². The molecule has 2 atom stereocenters. The molecule has 1 nitrogen and oxygen atoms in total. The first kappa shape index (κ1) is 8.55. The predicted molar refractivity (Wildman–Crippen MR) is 50.0 cm³/mol. The Morgan fingerprint density at radius 3 is 1.92 bits per heavy atom. The number of fused-ring (bicyclic) bond motifs is 1. The number of hydrogen-bond donors (Lipinski definition) is 0. The van der Waals surface area contributed by atoms with Crippen LogP contribution in [0.4, 0.5) is 0 Å². The van der Waals surface area contributed by atoms with Crippen LogP contribution in [0.15, 0.2) is 0 Å². The summed E-state index contributed by atoms with van der Waals surface area (Å²) in [5, 5.41) is 0. The van der Waals surface area contributed by atoms with Crippen molar-refractivity contribution in [2.45, 2.75) is 33.6 Å². The fourth-order valence-electron chi connectivity index (χ4n) is 2.70. The monoisotopic (exact) mass is 168 g/mol. The second-order valence-corrected chi connectivity index (χ2v) is 5.59. The average Bonchev–Trinajstić information content (AvgIpc) is 2.37. The van der Waals surface area contributed by atoms with E-state index in [-0.39, 0.29) is 0 Å². The molecule has 0 aromatic carbocycles. The smallest absolute Gasteiger partial charge is 0.0498 e. The summed E-state index contributed by atoms with van der Waals surface area (Å²) in [6.07, 6.45) is 2.82. The van der Waals surface area contributed by atoms with Crippen molar-refractivity contribution in [3.8, 4) is 0 Å². The summed E-state index contributed by atoms with van der Waals surface area (Å²) in [4.78, 5) is 0. The van der Waals surface area contributed by atoms with Gasteiger partial charge >= 0.3 is 0 Å². The third-order valence-electron chi connectivity index (χ3n) is 3.73. The van der Waals surface area contributed by atoms with Gasteiger partial charge in [-0.2, -0.15) is 0 Å². The molecule has 2 rings (SSSR count). The van der Waals surface area contributed by atoms with E-state index in [2.05, 4.69) is 20.8 Å². The highest BCUT2D eigenvalue weighted by molar-refractivity contribution is 4.91. The fraction of sp³-hybridized carbons (Fsp3) is 1.00. The zero-order valence-corrected chi connectivity index (χ0v) is 8.47. The van der Waals surface area contributed by atoms with Crippen LogP contribution in [0.2, 0.25) is 0 Å². The molecule has 1 saturated carbocycles. The summed E-state index contributed by atoms with van der Waals surface area (Å²) < 4.78 is 5.47. The molecule has 0 spiro atoms. The molecule has 2 fully saturated rings. The Bertz CT molecular complexity index is 156. The number of hydrogen-bond acceptors (Lipinski definition) is 1. The molecule has 0 radical (unpaired) electrons. The molecule has 1 saturated heterocycles. The van der Waals surface area contributed by atoms with Crippen LogP contribution in [0.5, 0.6) is 0 Å². The van der Waals surface area contributed by atoms with Crippen molar-refractivity contribution in [2.75, 3.05) is 13.2 Å². The van der Waals surface area contributed by atoms with Gasteiger partial charge in [-0.3, -0.25) is 0 Å². The molecule has 1 heteroatoms. The van der Waals surface area contributed by atoms with E-state index in [1.807, 2.05) is 0 Å². The van der Waals surface area contributed by atoms with Crippen LogP contribution in [-0.4, -0.2) is 13.2 Å². The maximum atomic E-state index is 5.47. The Morgan fingerprint density at radius 1 is 1.00 bits per heavy atom. The lowest BCUT2D eigenvalue weighted by Gasteiger charge is -2.27. The van der Waals surface area contributed by atoms with Crippen molar-refractivity contribution in [1.82, 2.24) is 0 Å². The summed E-state index contributed by atoms with van der Waals surface area (Å²) in [5.74, 6) is 2.74. The molecule has 0 N–H and O–H groups in total. The van der Waals surface area contributed by atoms with E-state index in [4.69, 9.17) is 4.74 Å². The van der Waals surface area contributed by atoms with E-state index in [1.54, 1.807) is 0 Å². The van der Waals surface area contributed by atoms with Gasteiger partial charge in [-0.15, -0.1) is 0 Å². The molecule has 2 aliphatic rings. The SMILES string of the molecule is CC(C)(C)C1CC2COCC2C1. The van der Waals surface area contributed by atoms with Crippen molar-refractivity contribution >= 4 is 0 Å². The Hall–Kier alpha value is -0.0400. The molecule has 1 aliphatic carbocycles. The summed E-state index contributed by atoms with van der Waals surface area (Å²) in [6.45, 7) is 9.20. The van der Waals surface area contributed by atoms with E-state index in [0.717, 1.165) is 31.0 Å². The topological polar surface area (TPSA) is 9.23 Å². The van der Waals surface area contributed by atoms with Gasteiger partial charge in [-0.1, -0.05) is 20.8 Å². The summed E-state index contributed by atoms with van der Waals surface area (Å²) >= 11 is 0. The van der Waals surface area contributed by atoms with Crippen LogP contribution in [-0.2, 0) is 4.74 Å². The lowest BCUT2D eigenvalue weighted by molar-refractivity contribution is 0.145. The Kier molecular flexibility index (Phi) is 1.95. The van der Waals surface area contributed by atoms with Crippen molar-refractivity contribution in [2.24, 2.45) is 23.2 Å². The van der Waals surface area contributed by atoms with Crippen LogP contribution < -0.4 is 0 Å². The van der Waals surface area contributed by atoms with E-state index in [1.165, 1.54) is 12.8 Å². The molecule has 0 bridgehead atoms. The lowest BCUT2D eigenvalue weighted by Crippen LogP contribution is -2.18. The van der Waals surface area contributed by atoms with Crippen LogP contribution >= 0.6 is 0 Å². The van der Waals surface area contributed by atoms with Crippen LogP contribution in [0, 0.1) is 23.2 Å². The Labute approximate surface area is 75.5 Å². The maximum Gasteiger partial charge on any atom is 0.0498 e.